The van der Waals surface area contributed by atoms with Gasteiger partial charge >= 0.3 is 0 Å². The molecule has 5 nitrogen and oxygen atoms in total. The zero-order chi connectivity index (χ0) is 8.91. The number of aliphatic hydroxyl groups excluding tert-OH is 1. The monoisotopic (exact) mass is 164 g/mol. The summed E-state index contributed by atoms with van der Waals surface area (Å²) in [6.45, 7) is 1.76. The van der Waals surface area contributed by atoms with Crippen molar-refractivity contribution in [3.8, 4) is 0 Å². The summed E-state index contributed by atoms with van der Waals surface area (Å²) in [5.74, 6) is -2.02. The van der Waals surface area contributed by atoms with Gasteiger partial charge in [0.05, 0.1) is 0 Å². The molecule has 0 aromatic carbocycles. The number of hydrogen-bond donors (Lipinski definition) is 5. The molecule has 6 N–H and O–H groups in total. The smallest absolute Gasteiger partial charge is 0.219 e. The highest BCUT2D eigenvalue weighted by Crippen LogP contribution is 1.94. The Hall–Kier alpha value is -0.200. The lowest BCUT2D eigenvalue weighted by molar-refractivity contribution is -0.171. The van der Waals surface area contributed by atoms with Crippen LogP contribution in [0, 0.1) is 5.92 Å². The zero-order valence-corrected chi connectivity index (χ0v) is 6.62. The molecular formula is C6H16N2O3. The van der Waals surface area contributed by atoms with Crippen LogP contribution in [0.1, 0.15) is 6.92 Å². The topological polar surface area (TPSA) is 98.7 Å². The first-order valence-corrected chi connectivity index (χ1v) is 3.50. The predicted molar refractivity (Wildman–Crippen MR) is 40.5 cm³/mol. The van der Waals surface area contributed by atoms with E-state index in [1.165, 1.54) is 6.92 Å². The number of rotatable bonds is 5. The van der Waals surface area contributed by atoms with Crippen LogP contribution in [0.5, 0.6) is 0 Å². The van der Waals surface area contributed by atoms with Crippen molar-refractivity contribution < 1.29 is 15.3 Å². The van der Waals surface area contributed by atoms with Gasteiger partial charge in [0.15, 0.2) is 0 Å². The van der Waals surface area contributed by atoms with Crippen molar-refractivity contribution in [3.05, 3.63) is 0 Å². The molecule has 5 heteroatoms. The molecule has 0 aliphatic carbocycles. The van der Waals surface area contributed by atoms with Crippen LogP contribution < -0.4 is 11.1 Å². The van der Waals surface area contributed by atoms with Gasteiger partial charge in [-0.2, -0.15) is 0 Å². The van der Waals surface area contributed by atoms with Crippen LogP contribution in [0.25, 0.3) is 0 Å². The Labute approximate surface area is 65.8 Å². The van der Waals surface area contributed by atoms with Crippen molar-refractivity contribution in [2.24, 2.45) is 11.7 Å². The van der Waals surface area contributed by atoms with Crippen LogP contribution in [0.4, 0.5) is 0 Å². The van der Waals surface area contributed by atoms with E-state index in [-0.39, 0.29) is 19.1 Å². The van der Waals surface area contributed by atoms with Crippen molar-refractivity contribution in [2.45, 2.75) is 12.8 Å². The van der Waals surface area contributed by atoms with E-state index < -0.39 is 5.91 Å². The fraction of sp³-hybridized carbons (Fsp3) is 1.00. The minimum Gasteiger partial charge on any atom is -0.396 e. The Morgan fingerprint density at radius 3 is 2.36 bits per heavy atom. The van der Waals surface area contributed by atoms with E-state index in [1.54, 1.807) is 0 Å². The number of hydrogen-bond acceptors (Lipinski definition) is 5. The van der Waals surface area contributed by atoms with Crippen LogP contribution in [0.15, 0.2) is 0 Å². The first kappa shape index (κ1) is 10.8. The Morgan fingerprint density at radius 1 is 1.55 bits per heavy atom. The molecule has 68 valence electrons. The summed E-state index contributed by atoms with van der Waals surface area (Å²) >= 11 is 0. The molecule has 1 atom stereocenters. The van der Waals surface area contributed by atoms with Crippen LogP contribution >= 0.6 is 0 Å². The molecule has 0 rings (SSSR count). The largest absolute Gasteiger partial charge is 0.396 e. The number of aliphatic hydroxyl groups is 3. The highest BCUT2D eigenvalue weighted by atomic mass is 16.5. The molecule has 0 radical (unpaired) electrons. The van der Waals surface area contributed by atoms with Gasteiger partial charge in [0, 0.05) is 26.0 Å². The molecule has 0 bridgehead atoms. The van der Waals surface area contributed by atoms with Gasteiger partial charge in [-0.05, 0) is 6.54 Å². The van der Waals surface area contributed by atoms with Crippen LogP contribution in [-0.2, 0) is 0 Å². The second-order valence-electron chi connectivity index (χ2n) is 2.69. The normalized spacial score (nSPS) is 15.0. The Kier molecular flexibility index (Phi) is 4.55. The molecule has 0 spiro atoms. The third kappa shape index (κ3) is 6.21. The summed E-state index contributed by atoms with van der Waals surface area (Å²) in [6.07, 6.45) is 0. The van der Waals surface area contributed by atoms with Gasteiger partial charge in [0.2, 0.25) is 5.91 Å². The average Bonchev–Trinajstić information content (AvgIpc) is 1.88. The number of nitrogens with two attached hydrogens (primary N) is 1. The van der Waals surface area contributed by atoms with Crippen molar-refractivity contribution in [1.82, 2.24) is 5.32 Å². The van der Waals surface area contributed by atoms with E-state index in [0.717, 1.165) is 0 Å². The summed E-state index contributed by atoms with van der Waals surface area (Å²) in [6, 6.07) is 0. The summed E-state index contributed by atoms with van der Waals surface area (Å²) in [7, 11) is 0. The average molecular weight is 164 g/mol. The lowest BCUT2D eigenvalue weighted by atomic mass is 10.1. The molecule has 0 aromatic rings. The van der Waals surface area contributed by atoms with E-state index in [9.17, 15) is 0 Å². The van der Waals surface area contributed by atoms with Crippen molar-refractivity contribution in [3.63, 3.8) is 0 Å². The first-order chi connectivity index (χ1) is 4.99. The fourth-order valence-electron chi connectivity index (χ4n) is 0.560. The van der Waals surface area contributed by atoms with Crippen molar-refractivity contribution >= 4 is 0 Å². The Bertz CT molecular complexity index is 98.5. The van der Waals surface area contributed by atoms with Gasteiger partial charge < -0.3 is 21.1 Å². The van der Waals surface area contributed by atoms with E-state index >= 15 is 0 Å². The predicted octanol–water partition coefficient (Wildman–Crippen LogP) is -2.20. The minimum atomic E-state index is -1.89. The van der Waals surface area contributed by atoms with Gasteiger partial charge in [-0.25, -0.2) is 0 Å². The standard InChI is InChI=1S/C6H16N2O3/c1-6(10,11)8-3-5(2-7)4-9/h5,8-11H,2-4,7H2,1H3. The highest BCUT2D eigenvalue weighted by Gasteiger charge is 2.15. The van der Waals surface area contributed by atoms with Gasteiger partial charge in [-0.3, -0.25) is 5.32 Å². The maximum Gasteiger partial charge on any atom is 0.219 e. The summed E-state index contributed by atoms with van der Waals surface area (Å²) < 4.78 is 0. The maximum atomic E-state index is 8.78. The van der Waals surface area contributed by atoms with Gasteiger partial charge in [0.1, 0.15) is 0 Å². The molecule has 0 amide bonds. The molecule has 0 aliphatic rings. The molecule has 0 saturated carbocycles. The molecule has 0 aliphatic heterocycles. The molecular weight excluding hydrogens is 148 g/mol. The van der Waals surface area contributed by atoms with E-state index in [2.05, 4.69) is 5.32 Å². The van der Waals surface area contributed by atoms with Crippen LogP contribution in [0.3, 0.4) is 0 Å². The minimum absolute atomic E-state index is 0.0560. The second kappa shape index (κ2) is 4.63. The number of nitrogens with one attached hydrogen (secondary N) is 1. The van der Waals surface area contributed by atoms with E-state index in [0.29, 0.717) is 6.54 Å². The summed E-state index contributed by atoms with van der Waals surface area (Å²) in [5, 5.41) is 28.6. The maximum absolute atomic E-state index is 8.78. The Morgan fingerprint density at radius 2 is 2.09 bits per heavy atom. The third-order valence-corrected chi connectivity index (χ3v) is 1.32. The van der Waals surface area contributed by atoms with Crippen molar-refractivity contribution in [1.29, 1.82) is 0 Å². The SMILES string of the molecule is CC(O)(O)NCC(CN)CO. The van der Waals surface area contributed by atoms with Gasteiger partial charge in [-0.15, -0.1) is 0 Å². The lowest BCUT2D eigenvalue weighted by Crippen LogP contribution is -2.45. The summed E-state index contributed by atoms with van der Waals surface area (Å²) in [4.78, 5) is 0. The zero-order valence-electron chi connectivity index (χ0n) is 6.62. The van der Waals surface area contributed by atoms with E-state index in [1.807, 2.05) is 0 Å². The van der Waals surface area contributed by atoms with Crippen LogP contribution in [-0.4, -0.2) is 40.9 Å². The van der Waals surface area contributed by atoms with Gasteiger partial charge in [0.25, 0.3) is 0 Å². The fourth-order valence-corrected chi connectivity index (χ4v) is 0.560. The highest BCUT2D eigenvalue weighted by molar-refractivity contribution is 4.63. The molecule has 0 heterocycles. The molecule has 0 fully saturated rings. The quantitative estimate of drug-likeness (QED) is 0.297. The molecule has 0 saturated heterocycles. The lowest BCUT2D eigenvalue weighted by Gasteiger charge is -2.20. The Balaban J connectivity index is 3.51. The van der Waals surface area contributed by atoms with Crippen molar-refractivity contribution in [2.75, 3.05) is 19.7 Å². The third-order valence-electron chi connectivity index (χ3n) is 1.32. The molecule has 11 heavy (non-hydrogen) atoms. The van der Waals surface area contributed by atoms with Crippen LogP contribution in [0.2, 0.25) is 0 Å². The second-order valence-corrected chi connectivity index (χ2v) is 2.69. The first-order valence-electron chi connectivity index (χ1n) is 3.50. The van der Waals surface area contributed by atoms with Gasteiger partial charge in [-0.1, -0.05) is 0 Å². The van der Waals surface area contributed by atoms with E-state index in [4.69, 9.17) is 21.1 Å². The molecule has 0 aromatic heterocycles. The summed E-state index contributed by atoms with van der Waals surface area (Å²) in [5.41, 5.74) is 5.25. The molecule has 1 unspecified atom stereocenters.